The highest BCUT2D eigenvalue weighted by Crippen LogP contribution is 2.17. The SMILES string of the molecule is CC.CC.CC(=O)NC1CCC1. The maximum Gasteiger partial charge on any atom is 0.217 e. The van der Waals surface area contributed by atoms with E-state index >= 15 is 0 Å². The Hall–Kier alpha value is -0.530. The molecule has 0 aromatic carbocycles. The Kier molecular flexibility index (Phi) is 12.2. The van der Waals surface area contributed by atoms with Gasteiger partial charge in [0, 0.05) is 13.0 Å². The van der Waals surface area contributed by atoms with Gasteiger partial charge in [-0.3, -0.25) is 4.79 Å². The largest absolute Gasteiger partial charge is 0.354 e. The molecule has 0 aromatic rings. The van der Waals surface area contributed by atoms with Crippen molar-refractivity contribution in [2.75, 3.05) is 0 Å². The molecule has 1 saturated carbocycles. The lowest BCUT2D eigenvalue weighted by Gasteiger charge is -2.25. The Labute approximate surface area is 76.7 Å². The normalized spacial score (nSPS) is 14.1. The summed E-state index contributed by atoms with van der Waals surface area (Å²) >= 11 is 0. The fourth-order valence-electron chi connectivity index (χ4n) is 0.840. The standard InChI is InChI=1S/C6H11NO.2C2H6/c1-5(8)7-6-3-2-4-6;2*1-2/h6H,2-4H2,1H3,(H,7,8);2*1-2H3. The molecule has 0 bridgehead atoms. The third kappa shape index (κ3) is 7.58. The van der Waals surface area contributed by atoms with Gasteiger partial charge in [0.15, 0.2) is 0 Å². The average Bonchev–Trinajstić information content (AvgIpc) is 2.05. The number of hydrogen-bond donors (Lipinski definition) is 1. The lowest BCUT2D eigenvalue weighted by molar-refractivity contribution is -0.120. The van der Waals surface area contributed by atoms with Gasteiger partial charge in [-0.25, -0.2) is 0 Å². The smallest absolute Gasteiger partial charge is 0.217 e. The van der Waals surface area contributed by atoms with Gasteiger partial charge < -0.3 is 5.32 Å². The molecule has 12 heavy (non-hydrogen) atoms. The minimum absolute atomic E-state index is 0.106. The van der Waals surface area contributed by atoms with Crippen LogP contribution >= 0.6 is 0 Å². The Morgan fingerprint density at radius 2 is 1.58 bits per heavy atom. The van der Waals surface area contributed by atoms with E-state index in [0.717, 1.165) is 0 Å². The quantitative estimate of drug-likeness (QED) is 0.649. The molecule has 1 amide bonds. The average molecular weight is 173 g/mol. The molecule has 0 aliphatic heterocycles. The van der Waals surface area contributed by atoms with Crippen molar-refractivity contribution < 1.29 is 4.79 Å². The lowest BCUT2D eigenvalue weighted by Crippen LogP contribution is -2.37. The number of nitrogens with one attached hydrogen (secondary N) is 1. The van der Waals surface area contributed by atoms with E-state index < -0.39 is 0 Å². The predicted octanol–water partition coefficient (Wildman–Crippen LogP) is 2.73. The third-order valence-electron chi connectivity index (χ3n) is 1.51. The van der Waals surface area contributed by atoms with Gasteiger partial charge in [-0.05, 0) is 19.3 Å². The summed E-state index contributed by atoms with van der Waals surface area (Å²) in [6.07, 6.45) is 3.64. The zero-order valence-corrected chi connectivity index (χ0v) is 9.11. The fraction of sp³-hybridized carbons (Fsp3) is 0.900. The van der Waals surface area contributed by atoms with E-state index in [1.807, 2.05) is 27.7 Å². The van der Waals surface area contributed by atoms with Crippen molar-refractivity contribution in [1.29, 1.82) is 0 Å². The molecule has 1 aliphatic rings. The molecule has 74 valence electrons. The van der Waals surface area contributed by atoms with Gasteiger partial charge in [0.1, 0.15) is 0 Å². The van der Waals surface area contributed by atoms with E-state index in [2.05, 4.69) is 5.32 Å². The monoisotopic (exact) mass is 173 g/mol. The maximum atomic E-state index is 10.3. The van der Waals surface area contributed by atoms with Crippen molar-refractivity contribution in [3.8, 4) is 0 Å². The van der Waals surface area contributed by atoms with Gasteiger partial charge in [-0.15, -0.1) is 0 Å². The van der Waals surface area contributed by atoms with Crippen LogP contribution in [0.2, 0.25) is 0 Å². The van der Waals surface area contributed by atoms with Crippen LogP contribution in [0.25, 0.3) is 0 Å². The van der Waals surface area contributed by atoms with E-state index in [4.69, 9.17) is 0 Å². The predicted molar refractivity (Wildman–Crippen MR) is 54.2 cm³/mol. The van der Waals surface area contributed by atoms with E-state index in [1.54, 1.807) is 6.92 Å². The Morgan fingerprint density at radius 1 is 1.17 bits per heavy atom. The van der Waals surface area contributed by atoms with Crippen LogP contribution in [0.1, 0.15) is 53.9 Å². The summed E-state index contributed by atoms with van der Waals surface area (Å²) in [7, 11) is 0. The minimum Gasteiger partial charge on any atom is -0.354 e. The first-order chi connectivity index (χ1) is 5.79. The summed E-state index contributed by atoms with van der Waals surface area (Å²) < 4.78 is 0. The van der Waals surface area contributed by atoms with E-state index in [0.29, 0.717) is 6.04 Å². The second kappa shape index (κ2) is 10.5. The van der Waals surface area contributed by atoms with Crippen molar-refractivity contribution in [2.45, 2.75) is 59.9 Å². The van der Waals surface area contributed by atoms with Crippen molar-refractivity contribution in [2.24, 2.45) is 0 Å². The summed E-state index contributed by atoms with van der Waals surface area (Å²) in [5.74, 6) is 0.106. The fourth-order valence-corrected chi connectivity index (χ4v) is 0.840. The summed E-state index contributed by atoms with van der Waals surface area (Å²) in [6, 6.07) is 0.507. The third-order valence-corrected chi connectivity index (χ3v) is 1.51. The molecule has 0 atom stereocenters. The zero-order chi connectivity index (χ0) is 9.98. The van der Waals surface area contributed by atoms with Crippen LogP contribution in [0, 0.1) is 0 Å². The van der Waals surface area contributed by atoms with Crippen molar-refractivity contribution in [3.05, 3.63) is 0 Å². The van der Waals surface area contributed by atoms with Crippen molar-refractivity contribution in [3.63, 3.8) is 0 Å². The summed E-state index contributed by atoms with van der Waals surface area (Å²) in [4.78, 5) is 10.3. The number of carbonyl (C=O) groups excluding carboxylic acids is 1. The highest BCUT2D eigenvalue weighted by molar-refractivity contribution is 5.73. The second-order valence-electron chi connectivity index (χ2n) is 2.33. The minimum atomic E-state index is 0.106. The Morgan fingerprint density at radius 3 is 1.67 bits per heavy atom. The van der Waals surface area contributed by atoms with Crippen LogP contribution in [-0.4, -0.2) is 11.9 Å². The molecular weight excluding hydrogens is 150 g/mol. The highest BCUT2D eigenvalue weighted by atomic mass is 16.1. The number of hydrogen-bond acceptors (Lipinski definition) is 1. The zero-order valence-electron chi connectivity index (χ0n) is 9.11. The van der Waals surface area contributed by atoms with Crippen LogP contribution < -0.4 is 5.32 Å². The number of rotatable bonds is 1. The van der Waals surface area contributed by atoms with Crippen LogP contribution in [-0.2, 0) is 4.79 Å². The van der Waals surface area contributed by atoms with Gasteiger partial charge in [0.25, 0.3) is 0 Å². The highest BCUT2D eigenvalue weighted by Gasteiger charge is 2.16. The van der Waals surface area contributed by atoms with Crippen LogP contribution in [0.4, 0.5) is 0 Å². The van der Waals surface area contributed by atoms with Crippen LogP contribution in [0.3, 0.4) is 0 Å². The molecule has 0 radical (unpaired) electrons. The molecule has 0 saturated heterocycles. The number of carbonyl (C=O) groups is 1. The van der Waals surface area contributed by atoms with E-state index in [-0.39, 0.29) is 5.91 Å². The summed E-state index contributed by atoms with van der Waals surface area (Å²) in [6.45, 7) is 9.57. The molecule has 2 nitrogen and oxygen atoms in total. The van der Waals surface area contributed by atoms with Gasteiger partial charge in [0.2, 0.25) is 5.91 Å². The Bertz CT molecular complexity index is 98.0. The molecule has 0 spiro atoms. The topological polar surface area (TPSA) is 29.1 Å². The first-order valence-corrected chi connectivity index (χ1v) is 5.06. The summed E-state index contributed by atoms with van der Waals surface area (Å²) in [5, 5.41) is 2.84. The molecule has 2 heteroatoms. The maximum absolute atomic E-state index is 10.3. The Balaban J connectivity index is 0. The lowest BCUT2D eigenvalue weighted by atomic mass is 9.93. The first kappa shape index (κ1) is 14.0. The first-order valence-electron chi connectivity index (χ1n) is 5.06. The molecular formula is C10H23NO. The van der Waals surface area contributed by atoms with Gasteiger partial charge in [-0.2, -0.15) is 0 Å². The molecule has 0 heterocycles. The van der Waals surface area contributed by atoms with E-state index in [9.17, 15) is 4.79 Å². The molecule has 0 unspecified atom stereocenters. The molecule has 0 aromatic heterocycles. The number of amides is 1. The van der Waals surface area contributed by atoms with Crippen molar-refractivity contribution >= 4 is 5.91 Å². The van der Waals surface area contributed by atoms with Gasteiger partial charge in [-0.1, -0.05) is 27.7 Å². The van der Waals surface area contributed by atoms with Gasteiger partial charge in [0.05, 0.1) is 0 Å². The summed E-state index contributed by atoms with van der Waals surface area (Å²) in [5.41, 5.74) is 0. The second-order valence-corrected chi connectivity index (χ2v) is 2.33. The van der Waals surface area contributed by atoms with Gasteiger partial charge >= 0.3 is 0 Å². The molecule has 1 rings (SSSR count). The van der Waals surface area contributed by atoms with Crippen LogP contribution in [0.5, 0.6) is 0 Å². The molecule has 1 N–H and O–H groups in total. The van der Waals surface area contributed by atoms with Crippen molar-refractivity contribution in [1.82, 2.24) is 5.32 Å². The van der Waals surface area contributed by atoms with Crippen LogP contribution in [0.15, 0.2) is 0 Å². The molecule has 1 fully saturated rings. The molecule has 1 aliphatic carbocycles. The van der Waals surface area contributed by atoms with E-state index in [1.165, 1.54) is 19.3 Å².